The van der Waals surface area contributed by atoms with Crippen molar-refractivity contribution in [2.75, 3.05) is 44.9 Å². The van der Waals surface area contributed by atoms with Gasteiger partial charge in [-0.25, -0.2) is 18.4 Å². The molecular formula is C22H28ClN5O4S. The number of carbonyl (C=O) groups excluding carboxylic acids is 1. The van der Waals surface area contributed by atoms with Gasteiger partial charge in [-0.05, 0) is 18.1 Å². The third-order valence-electron chi connectivity index (χ3n) is 5.51. The number of nitrogens with zero attached hydrogens (tertiary/aromatic N) is 3. The Hall–Kier alpha value is -2.53. The molecule has 1 fully saturated rings. The number of hydrogen-bond acceptors (Lipinski definition) is 7. The van der Waals surface area contributed by atoms with E-state index in [-0.39, 0.29) is 29.8 Å². The van der Waals surface area contributed by atoms with Gasteiger partial charge in [0.15, 0.2) is 15.5 Å². The molecule has 3 aromatic rings. The Labute approximate surface area is 199 Å². The Morgan fingerprint density at radius 2 is 1.91 bits per heavy atom. The van der Waals surface area contributed by atoms with Crippen molar-refractivity contribution < 1.29 is 17.9 Å². The molecule has 0 aliphatic carbocycles. The number of halogens is 1. The SMILES string of the molecule is COCCCNC(=O)c1ccnc2[nH]c(-c3ccc(CN4CCS(=O)(=O)CC4)cc3)nc12.Cl. The van der Waals surface area contributed by atoms with E-state index in [0.29, 0.717) is 55.3 Å². The van der Waals surface area contributed by atoms with Gasteiger partial charge < -0.3 is 15.0 Å². The third-order valence-corrected chi connectivity index (χ3v) is 7.12. The summed E-state index contributed by atoms with van der Waals surface area (Å²) in [4.78, 5) is 26.9. The molecule has 0 radical (unpaired) electrons. The average Bonchev–Trinajstić information content (AvgIpc) is 3.23. The molecule has 1 saturated heterocycles. The number of fused-ring (bicyclic) bond motifs is 1. The Morgan fingerprint density at radius 3 is 2.61 bits per heavy atom. The Morgan fingerprint density at radius 1 is 1.18 bits per heavy atom. The number of nitrogens with one attached hydrogen (secondary N) is 2. The van der Waals surface area contributed by atoms with Crippen LogP contribution in [0.25, 0.3) is 22.6 Å². The minimum atomic E-state index is -2.88. The second-order valence-electron chi connectivity index (χ2n) is 7.87. The standard InChI is InChI=1S/C22H27N5O4S.ClH/c1-31-12-2-8-24-22(28)18-7-9-23-21-19(18)25-20(26-21)17-5-3-16(4-6-17)15-27-10-13-32(29,30)14-11-27;/h3-7,9H,2,8,10-15H2,1H3,(H,24,28)(H,23,25,26);1H. The van der Waals surface area contributed by atoms with Crippen LogP contribution in [-0.2, 0) is 21.1 Å². The average molecular weight is 494 g/mol. The second-order valence-corrected chi connectivity index (χ2v) is 10.2. The van der Waals surface area contributed by atoms with Gasteiger partial charge in [-0.3, -0.25) is 9.69 Å². The van der Waals surface area contributed by atoms with Crippen LogP contribution in [-0.4, -0.2) is 79.0 Å². The first-order chi connectivity index (χ1) is 15.4. The number of sulfone groups is 1. The number of pyridine rings is 1. The fourth-order valence-electron chi connectivity index (χ4n) is 3.68. The third kappa shape index (κ3) is 6.29. The topological polar surface area (TPSA) is 117 Å². The van der Waals surface area contributed by atoms with Gasteiger partial charge in [0.05, 0.1) is 17.1 Å². The van der Waals surface area contributed by atoms with Crippen LogP contribution in [0, 0.1) is 0 Å². The molecule has 1 aromatic carbocycles. The number of H-pyrrole nitrogens is 1. The van der Waals surface area contributed by atoms with E-state index in [4.69, 9.17) is 4.74 Å². The van der Waals surface area contributed by atoms with E-state index in [1.165, 1.54) is 0 Å². The molecule has 0 bridgehead atoms. The van der Waals surface area contributed by atoms with Gasteiger partial charge in [0.2, 0.25) is 0 Å². The summed E-state index contributed by atoms with van der Waals surface area (Å²) < 4.78 is 28.2. The lowest BCUT2D eigenvalue weighted by atomic mass is 10.1. The molecule has 11 heteroatoms. The van der Waals surface area contributed by atoms with Crippen molar-refractivity contribution in [1.82, 2.24) is 25.2 Å². The Balaban J connectivity index is 0.00000306. The molecule has 1 aliphatic heterocycles. The predicted octanol–water partition coefficient (Wildman–Crippen LogP) is 2.04. The molecule has 3 heterocycles. The smallest absolute Gasteiger partial charge is 0.253 e. The number of imidazole rings is 1. The van der Waals surface area contributed by atoms with Crippen LogP contribution in [0.4, 0.5) is 0 Å². The normalized spacial score (nSPS) is 15.8. The van der Waals surface area contributed by atoms with Crippen molar-refractivity contribution in [2.45, 2.75) is 13.0 Å². The highest BCUT2D eigenvalue weighted by Gasteiger charge is 2.21. The first-order valence-electron chi connectivity index (χ1n) is 10.6. The highest BCUT2D eigenvalue weighted by atomic mass is 35.5. The van der Waals surface area contributed by atoms with Gasteiger partial charge in [-0.2, -0.15) is 0 Å². The van der Waals surface area contributed by atoms with Gasteiger partial charge in [0, 0.05) is 51.7 Å². The fraction of sp³-hybridized carbons (Fsp3) is 0.409. The predicted molar refractivity (Wildman–Crippen MR) is 129 cm³/mol. The van der Waals surface area contributed by atoms with Gasteiger partial charge in [0.25, 0.3) is 5.91 Å². The van der Waals surface area contributed by atoms with Gasteiger partial charge in [-0.15, -0.1) is 12.4 Å². The van der Waals surface area contributed by atoms with Gasteiger partial charge >= 0.3 is 0 Å². The van der Waals surface area contributed by atoms with Crippen LogP contribution < -0.4 is 5.32 Å². The van der Waals surface area contributed by atoms with Crippen molar-refractivity contribution >= 4 is 39.3 Å². The minimum absolute atomic E-state index is 0. The zero-order valence-electron chi connectivity index (χ0n) is 18.4. The summed E-state index contributed by atoms with van der Waals surface area (Å²) in [6.07, 6.45) is 2.33. The molecule has 0 saturated carbocycles. The summed E-state index contributed by atoms with van der Waals surface area (Å²) in [5.74, 6) is 0.895. The summed E-state index contributed by atoms with van der Waals surface area (Å²) in [5.41, 5.74) is 3.57. The van der Waals surface area contributed by atoms with Crippen LogP contribution in [0.2, 0.25) is 0 Å². The van der Waals surface area contributed by atoms with Crippen molar-refractivity contribution in [3.63, 3.8) is 0 Å². The molecule has 178 valence electrons. The van der Waals surface area contributed by atoms with Crippen LogP contribution in [0.3, 0.4) is 0 Å². The number of benzene rings is 1. The molecule has 2 aromatic heterocycles. The number of methoxy groups -OCH3 is 1. The highest BCUT2D eigenvalue weighted by molar-refractivity contribution is 7.91. The van der Waals surface area contributed by atoms with E-state index in [1.807, 2.05) is 24.3 Å². The number of carbonyl (C=O) groups is 1. The number of hydrogen-bond donors (Lipinski definition) is 2. The van der Waals surface area contributed by atoms with Crippen LogP contribution in [0.5, 0.6) is 0 Å². The lowest BCUT2D eigenvalue weighted by Gasteiger charge is -2.26. The zero-order valence-corrected chi connectivity index (χ0v) is 20.0. The molecule has 9 nitrogen and oxygen atoms in total. The number of aromatic nitrogens is 3. The van der Waals surface area contributed by atoms with Crippen LogP contribution >= 0.6 is 12.4 Å². The minimum Gasteiger partial charge on any atom is -0.385 e. The summed E-state index contributed by atoms with van der Waals surface area (Å²) in [5, 5.41) is 2.88. The van der Waals surface area contributed by atoms with Crippen molar-refractivity contribution in [2.24, 2.45) is 0 Å². The van der Waals surface area contributed by atoms with Gasteiger partial charge in [-0.1, -0.05) is 24.3 Å². The zero-order chi connectivity index (χ0) is 22.6. The monoisotopic (exact) mass is 493 g/mol. The second kappa shape index (κ2) is 11.1. The molecule has 1 amide bonds. The summed E-state index contributed by atoms with van der Waals surface area (Å²) >= 11 is 0. The summed E-state index contributed by atoms with van der Waals surface area (Å²) in [7, 11) is -1.24. The number of ether oxygens (including phenoxy) is 1. The maximum atomic E-state index is 12.6. The first kappa shape index (κ1) is 25.1. The molecule has 0 spiro atoms. The summed E-state index contributed by atoms with van der Waals surface area (Å²) in [6, 6.07) is 9.64. The molecule has 2 N–H and O–H groups in total. The number of amides is 1. The lowest BCUT2D eigenvalue weighted by Crippen LogP contribution is -2.39. The Bertz CT molecular complexity index is 1180. The first-order valence-corrected chi connectivity index (χ1v) is 12.4. The molecule has 0 atom stereocenters. The maximum Gasteiger partial charge on any atom is 0.253 e. The largest absolute Gasteiger partial charge is 0.385 e. The van der Waals surface area contributed by atoms with Crippen molar-refractivity contribution in [3.8, 4) is 11.4 Å². The molecule has 1 aliphatic rings. The maximum absolute atomic E-state index is 12.6. The van der Waals surface area contributed by atoms with E-state index in [1.54, 1.807) is 19.4 Å². The number of rotatable bonds is 8. The molecule has 0 unspecified atom stereocenters. The lowest BCUT2D eigenvalue weighted by molar-refractivity contribution is 0.0950. The Kier molecular flexibility index (Phi) is 8.41. The number of aromatic amines is 1. The van der Waals surface area contributed by atoms with E-state index < -0.39 is 9.84 Å². The van der Waals surface area contributed by atoms with Crippen molar-refractivity contribution in [3.05, 3.63) is 47.7 Å². The molecule has 4 rings (SSSR count). The van der Waals surface area contributed by atoms with Crippen LogP contribution in [0.1, 0.15) is 22.3 Å². The van der Waals surface area contributed by atoms with E-state index in [0.717, 1.165) is 17.5 Å². The van der Waals surface area contributed by atoms with Gasteiger partial charge in [0.1, 0.15) is 11.3 Å². The quantitative estimate of drug-likeness (QED) is 0.461. The fourth-order valence-corrected chi connectivity index (χ4v) is 4.96. The van der Waals surface area contributed by atoms with Crippen molar-refractivity contribution in [1.29, 1.82) is 0 Å². The molecular weight excluding hydrogens is 466 g/mol. The van der Waals surface area contributed by atoms with E-state index in [2.05, 4.69) is 25.2 Å². The molecule has 33 heavy (non-hydrogen) atoms. The van der Waals surface area contributed by atoms with Crippen LogP contribution in [0.15, 0.2) is 36.5 Å². The van der Waals surface area contributed by atoms with E-state index in [9.17, 15) is 13.2 Å². The summed E-state index contributed by atoms with van der Waals surface area (Å²) in [6.45, 7) is 2.96. The highest BCUT2D eigenvalue weighted by Crippen LogP contribution is 2.22. The van der Waals surface area contributed by atoms with E-state index >= 15 is 0 Å².